The summed E-state index contributed by atoms with van der Waals surface area (Å²) in [5.74, 6) is 1.20. The average Bonchev–Trinajstić information content (AvgIpc) is 3.51. The fraction of sp³-hybridized carbons (Fsp3) is 0.148. The summed E-state index contributed by atoms with van der Waals surface area (Å²) in [7, 11) is 0. The Hall–Kier alpha value is -3.84. The van der Waals surface area contributed by atoms with Crippen LogP contribution in [0, 0.1) is 0 Å². The monoisotopic (exact) mass is 465 g/mol. The molecule has 3 aromatic carbocycles. The maximum atomic E-state index is 13.1. The summed E-state index contributed by atoms with van der Waals surface area (Å²) in [4.78, 5) is 18.4. The molecule has 7 heteroatoms. The first kappa shape index (κ1) is 20.7. The number of thioether (sulfide) groups is 1. The van der Waals surface area contributed by atoms with Crippen LogP contribution in [0.15, 0.2) is 90.2 Å². The van der Waals surface area contributed by atoms with Crippen LogP contribution in [0.3, 0.4) is 0 Å². The molecule has 6 nitrogen and oxygen atoms in total. The molecule has 0 fully saturated rings. The van der Waals surface area contributed by atoms with Crippen LogP contribution >= 0.6 is 11.8 Å². The van der Waals surface area contributed by atoms with Gasteiger partial charge in [-0.1, -0.05) is 72.4 Å². The SMILES string of the molecule is O=C(CSc1nnc(-c2c[nH]c3ccccc23)n1-c1ccccc1)N1CCc2ccccc2C1. The van der Waals surface area contributed by atoms with Crippen molar-refractivity contribution in [1.29, 1.82) is 0 Å². The summed E-state index contributed by atoms with van der Waals surface area (Å²) in [5.41, 5.74) is 5.58. The highest BCUT2D eigenvalue weighted by molar-refractivity contribution is 7.99. The lowest BCUT2D eigenvalue weighted by Crippen LogP contribution is -2.37. The van der Waals surface area contributed by atoms with Crippen molar-refractivity contribution < 1.29 is 4.79 Å². The predicted octanol–water partition coefficient (Wildman–Crippen LogP) is 5.09. The number of hydrogen-bond acceptors (Lipinski definition) is 4. The Morgan fingerprint density at radius 1 is 0.912 bits per heavy atom. The molecule has 3 heterocycles. The van der Waals surface area contributed by atoms with E-state index in [0.717, 1.165) is 40.9 Å². The number of fused-ring (bicyclic) bond motifs is 2. The number of carbonyl (C=O) groups is 1. The van der Waals surface area contributed by atoms with Crippen molar-refractivity contribution in [1.82, 2.24) is 24.6 Å². The molecule has 0 aliphatic carbocycles. The maximum absolute atomic E-state index is 13.1. The predicted molar refractivity (Wildman–Crippen MR) is 135 cm³/mol. The molecule has 1 aliphatic heterocycles. The summed E-state index contributed by atoms with van der Waals surface area (Å²) in [6, 6.07) is 26.6. The van der Waals surface area contributed by atoms with E-state index in [0.29, 0.717) is 17.5 Å². The van der Waals surface area contributed by atoms with Crippen LogP contribution in [0.2, 0.25) is 0 Å². The van der Waals surface area contributed by atoms with Crippen molar-refractivity contribution in [3.63, 3.8) is 0 Å². The van der Waals surface area contributed by atoms with Gasteiger partial charge in [0, 0.05) is 41.4 Å². The van der Waals surface area contributed by atoms with Crippen LogP contribution in [0.1, 0.15) is 11.1 Å². The molecule has 34 heavy (non-hydrogen) atoms. The molecular formula is C27H23N5OS. The molecule has 0 saturated heterocycles. The number of H-pyrrole nitrogens is 1. The fourth-order valence-corrected chi connectivity index (χ4v) is 5.39. The van der Waals surface area contributed by atoms with E-state index in [9.17, 15) is 4.79 Å². The summed E-state index contributed by atoms with van der Waals surface area (Å²) in [6.45, 7) is 1.42. The molecule has 0 atom stereocenters. The molecule has 1 amide bonds. The number of nitrogens with one attached hydrogen (secondary N) is 1. The Kier molecular flexibility index (Phi) is 5.39. The van der Waals surface area contributed by atoms with Gasteiger partial charge in [0.2, 0.25) is 5.91 Å². The van der Waals surface area contributed by atoms with Crippen molar-refractivity contribution in [2.75, 3.05) is 12.3 Å². The zero-order valence-electron chi connectivity index (χ0n) is 18.5. The van der Waals surface area contributed by atoms with Gasteiger partial charge in [0.05, 0.1) is 5.75 Å². The normalized spacial score (nSPS) is 13.2. The first-order chi connectivity index (χ1) is 16.8. The summed E-state index contributed by atoms with van der Waals surface area (Å²) in [5, 5.41) is 10.8. The van der Waals surface area contributed by atoms with E-state index in [1.807, 2.05) is 70.3 Å². The van der Waals surface area contributed by atoms with Crippen LogP contribution in [0.25, 0.3) is 28.0 Å². The molecule has 5 aromatic rings. The van der Waals surface area contributed by atoms with Gasteiger partial charge in [0.25, 0.3) is 0 Å². The second kappa shape index (κ2) is 8.83. The number of carbonyl (C=O) groups excluding carboxylic acids is 1. The first-order valence-corrected chi connectivity index (χ1v) is 12.3. The lowest BCUT2D eigenvalue weighted by molar-refractivity contribution is -0.129. The van der Waals surface area contributed by atoms with Gasteiger partial charge in [-0.25, -0.2) is 0 Å². The Bertz CT molecular complexity index is 1470. The topological polar surface area (TPSA) is 66.8 Å². The number of para-hydroxylation sites is 2. The van der Waals surface area contributed by atoms with Gasteiger partial charge in [0.15, 0.2) is 11.0 Å². The smallest absolute Gasteiger partial charge is 0.233 e. The number of amides is 1. The van der Waals surface area contributed by atoms with E-state index in [-0.39, 0.29) is 5.91 Å². The van der Waals surface area contributed by atoms with Crippen molar-refractivity contribution in [3.05, 3.63) is 96.2 Å². The van der Waals surface area contributed by atoms with Crippen LogP contribution in [0.4, 0.5) is 0 Å². The second-order valence-corrected chi connectivity index (χ2v) is 9.29. The minimum atomic E-state index is 0.121. The molecule has 1 N–H and O–H groups in total. The second-order valence-electron chi connectivity index (χ2n) is 8.35. The van der Waals surface area contributed by atoms with Gasteiger partial charge in [-0.15, -0.1) is 10.2 Å². The first-order valence-electron chi connectivity index (χ1n) is 11.3. The third-order valence-electron chi connectivity index (χ3n) is 6.29. The van der Waals surface area contributed by atoms with Crippen molar-refractivity contribution in [2.24, 2.45) is 0 Å². The molecule has 1 aliphatic rings. The third-order valence-corrected chi connectivity index (χ3v) is 7.20. The number of aromatic nitrogens is 4. The van der Waals surface area contributed by atoms with E-state index in [4.69, 9.17) is 0 Å². The van der Waals surface area contributed by atoms with E-state index < -0.39 is 0 Å². The molecule has 0 spiro atoms. The molecule has 168 valence electrons. The fourth-order valence-electron chi connectivity index (χ4n) is 4.53. The Labute approximate surface area is 201 Å². The van der Waals surface area contributed by atoms with Crippen LogP contribution in [-0.2, 0) is 17.8 Å². The van der Waals surface area contributed by atoms with E-state index in [1.165, 1.54) is 22.9 Å². The minimum absolute atomic E-state index is 0.121. The third kappa shape index (κ3) is 3.78. The maximum Gasteiger partial charge on any atom is 0.233 e. The highest BCUT2D eigenvalue weighted by atomic mass is 32.2. The largest absolute Gasteiger partial charge is 0.360 e. The van der Waals surface area contributed by atoms with Crippen molar-refractivity contribution >= 4 is 28.6 Å². The average molecular weight is 466 g/mol. The van der Waals surface area contributed by atoms with Crippen LogP contribution in [-0.4, -0.2) is 42.9 Å². The summed E-state index contributed by atoms with van der Waals surface area (Å²) >= 11 is 1.44. The molecule has 6 rings (SSSR count). The highest BCUT2D eigenvalue weighted by Gasteiger charge is 2.23. The van der Waals surface area contributed by atoms with E-state index >= 15 is 0 Å². The molecule has 2 aromatic heterocycles. The highest BCUT2D eigenvalue weighted by Crippen LogP contribution is 2.32. The van der Waals surface area contributed by atoms with Crippen LogP contribution < -0.4 is 0 Å². The van der Waals surface area contributed by atoms with Gasteiger partial charge in [-0.05, 0) is 35.7 Å². The Morgan fingerprint density at radius 2 is 1.68 bits per heavy atom. The molecule has 0 unspecified atom stereocenters. The van der Waals surface area contributed by atoms with E-state index in [2.05, 4.69) is 39.4 Å². The number of benzene rings is 3. The van der Waals surface area contributed by atoms with Gasteiger partial charge < -0.3 is 9.88 Å². The lowest BCUT2D eigenvalue weighted by atomic mass is 10.00. The van der Waals surface area contributed by atoms with Crippen molar-refractivity contribution in [3.8, 4) is 17.1 Å². The molecule has 0 bridgehead atoms. The zero-order chi connectivity index (χ0) is 22.9. The summed E-state index contributed by atoms with van der Waals surface area (Å²) < 4.78 is 2.04. The van der Waals surface area contributed by atoms with Gasteiger partial charge in [-0.2, -0.15) is 0 Å². The quantitative estimate of drug-likeness (QED) is 0.367. The summed E-state index contributed by atoms with van der Waals surface area (Å²) in [6.07, 6.45) is 2.87. The van der Waals surface area contributed by atoms with E-state index in [1.54, 1.807) is 0 Å². The molecule has 0 radical (unpaired) electrons. The Balaban J connectivity index is 1.29. The molecular weight excluding hydrogens is 442 g/mol. The number of nitrogens with zero attached hydrogens (tertiary/aromatic N) is 4. The Morgan fingerprint density at radius 3 is 2.56 bits per heavy atom. The van der Waals surface area contributed by atoms with Crippen LogP contribution in [0.5, 0.6) is 0 Å². The number of hydrogen-bond donors (Lipinski definition) is 1. The van der Waals surface area contributed by atoms with Crippen molar-refractivity contribution in [2.45, 2.75) is 18.1 Å². The van der Waals surface area contributed by atoms with Gasteiger partial charge in [-0.3, -0.25) is 9.36 Å². The lowest BCUT2D eigenvalue weighted by Gasteiger charge is -2.28. The number of aromatic amines is 1. The minimum Gasteiger partial charge on any atom is -0.360 e. The van der Waals surface area contributed by atoms with Gasteiger partial charge in [0.1, 0.15) is 0 Å². The standard InChI is InChI=1S/C27H23N5OS/c33-25(31-15-14-19-8-4-5-9-20(19)17-31)18-34-27-30-29-26(32(27)21-10-2-1-3-11-21)23-16-28-24-13-7-6-12-22(23)24/h1-13,16,28H,14-15,17-18H2. The van der Waals surface area contributed by atoms with Gasteiger partial charge >= 0.3 is 0 Å². The number of rotatable bonds is 5. The zero-order valence-corrected chi connectivity index (χ0v) is 19.3. The molecule has 0 saturated carbocycles.